The molecule has 0 heterocycles. The van der Waals surface area contributed by atoms with Gasteiger partial charge in [0.2, 0.25) is 0 Å². The van der Waals surface area contributed by atoms with E-state index >= 15 is 0 Å². The van der Waals surface area contributed by atoms with Crippen LogP contribution in [0.2, 0.25) is 0 Å². The number of hydrogen-bond donors (Lipinski definition) is 1. The average Bonchev–Trinajstić information content (AvgIpc) is 2.98. The lowest BCUT2D eigenvalue weighted by Crippen LogP contribution is -2.26. The lowest BCUT2D eigenvalue weighted by molar-refractivity contribution is 0.170. The van der Waals surface area contributed by atoms with Gasteiger partial charge >= 0.3 is 6.09 Å². The first-order valence-electron chi connectivity index (χ1n) is 4.80. The highest BCUT2D eigenvalue weighted by atomic mass is 19.1. The first-order chi connectivity index (χ1) is 7.20. The van der Waals surface area contributed by atoms with E-state index in [1.807, 2.05) is 0 Å². The second-order valence-corrected chi connectivity index (χ2v) is 3.64. The molecule has 15 heavy (non-hydrogen) atoms. The topological polar surface area (TPSA) is 38.3 Å². The van der Waals surface area contributed by atoms with E-state index < -0.39 is 6.09 Å². The van der Waals surface area contributed by atoms with Gasteiger partial charge < -0.3 is 10.1 Å². The lowest BCUT2D eigenvalue weighted by atomic mass is 10.1. The molecule has 2 rings (SSSR count). The Labute approximate surface area is 87.2 Å². The third-order valence-corrected chi connectivity index (χ3v) is 2.58. The monoisotopic (exact) mass is 209 g/mol. The zero-order valence-electron chi connectivity index (χ0n) is 8.37. The lowest BCUT2D eigenvalue weighted by Gasteiger charge is -2.02. The Kier molecular flexibility index (Phi) is 2.58. The van der Waals surface area contributed by atoms with E-state index in [1.54, 1.807) is 12.1 Å². The van der Waals surface area contributed by atoms with E-state index in [0.29, 0.717) is 5.92 Å². The second-order valence-electron chi connectivity index (χ2n) is 3.64. The van der Waals surface area contributed by atoms with E-state index in [1.165, 1.54) is 19.2 Å². The van der Waals surface area contributed by atoms with E-state index in [4.69, 9.17) is 0 Å². The molecule has 1 saturated carbocycles. The number of methoxy groups -OCH3 is 1. The van der Waals surface area contributed by atoms with Crippen LogP contribution in [0.4, 0.5) is 9.18 Å². The van der Waals surface area contributed by atoms with Crippen molar-refractivity contribution < 1.29 is 13.9 Å². The Hall–Kier alpha value is -1.58. The minimum absolute atomic E-state index is 0.128. The summed E-state index contributed by atoms with van der Waals surface area (Å²) < 4.78 is 17.1. The van der Waals surface area contributed by atoms with E-state index in [2.05, 4.69) is 10.1 Å². The van der Waals surface area contributed by atoms with Gasteiger partial charge in [0.1, 0.15) is 5.82 Å². The van der Waals surface area contributed by atoms with Gasteiger partial charge in [-0.1, -0.05) is 12.1 Å². The van der Waals surface area contributed by atoms with Gasteiger partial charge in [-0.25, -0.2) is 9.18 Å². The largest absolute Gasteiger partial charge is 0.453 e. The van der Waals surface area contributed by atoms with Gasteiger partial charge in [-0.2, -0.15) is 0 Å². The highest BCUT2D eigenvalue weighted by molar-refractivity contribution is 5.68. The highest BCUT2D eigenvalue weighted by Gasteiger charge is 2.39. The third kappa shape index (κ3) is 2.26. The summed E-state index contributed by atoms with van der Waals surface area (Å²) in [5.41, 5.74) is 1.05. The number of carbonyl (C=O) groups is 1. The fraction of sp³-hybridized carbons (Fsp3) is 0.364. The van der Waals surface area contributed by atoms with Crippen LogP contribution in [0.3, 0.4) is 0 Å². The maximum atomic E-state index is 12.6. The molecule has 0 bridgehead atoms. The zero-order valence-corrected chi connectivity index (χ0v) is 8.37. The van der Waals surface area contributed by atoms with Gasteiger partial charge in [0.25, 0.3) is 0 Å². The molecule has 80 valence electrons. The number of halogens is 1. The Morgan fingerprint density at radius 1 is 1.47 bits per heavy atom. The summed E-state index contributed by atoms with van der Waals surface area (Å²) in [7, 11) is 1.34. The molecule has 1 amide bonds. The molecule has 0 saturated heterocycles. The summed E-state index contributed by atoms with van der Waals surface area (Å²) in [4.78, 5) is 10.9. The Bertz CT molecular complexity index is 363. The molecular formula is C11H12FNO2. The van der Waals surface area contributed by atoms with Crippen LogP contribution in [0.25, 0.3) is 0 Å². The summed E-state index contributed by atoms with van der Waals surface area (Å²) in [6.45, 7) is 0. The molecule has 3 nitrogen and oxygen atoms in total. The Balaban J connectivity index is 1.93. The fourth-order valence-corrected chi connectivity index (χ4v) is 1.64. The molecule has 1 aromatic carbocycles. The van der Waals surface area contributed by atoms with Crippen LogP contribution in [0.1, 0.15) is 17.9 Å². The van der Waals surface area contributed by atoms with Crippen LogP contribution < -0.4 is 5.32 Å². The van der Waals surface area contributed by atoms with E-state index in [9.17, 15) is 9.18 Å². The zero-order chi connectivity index (χ0) is 10.8. The molecular weight excluding hydrogens is 197 g/mol. The van der Waals surface area contributed by atoms with Crippen molar-refractivity contribution in [2.45, 2.75) is 18.4 Å². The third-order valence-electron chi connectivity index (χ3n) is 2.58. The molecule has 0 aliphatic heterocycles. The fourth-order valence-electron chi connectivity index (χ4n) is 1.64. The van der Waals surface area contributed by atoms with Crippen molar-refractivity contribution in [3.63, 3.8) is 0 Å². The average molecular weight is 209 g/mol. The van der Waals surface area contributed by atoms with Gasteiger partial charge in [0.05, 0.1) is 7.11 Å². The number of benzene rings is 1. The molecule has 1 aliphatic carbocycles. The van der Waals surface area contributed by atoms with Crippen molar-refractivity contribution in [1.82, 2.24) is 5.32 Å². The van der Waals surface area contributed by atoms with Crippen LogP contribution in [0.5, 0.6) is 0 Å². The SMILES string of the molecule is COC(=O)N[C@@H]1C[C@@H]1c1ccc(F)cc1. The number of ether oxygens (including phenoxy) is 1. The predicted octanol–water partition coefficient (Wildman–Crippen LogP) is 2.04. The van der Waals surface area contributed by atoms with Gasteiger partial charge in [-0.15, -0.1) is 0 Å². The molecule has 1 fully saturated rings. The first-order valence-corrected chi connectivity index (χ1v) is 4.80. The van der Waals surface area contributed by atoms with Crippen molar-refractivity contribution in [2.75, 3.05) is 7.11 Å². The highest BCUT2D eigenvalue weighted by Crippen LogP contribution is 2.40. The predicted molar refractivity (Wildman–Crippen MR) is 53.1 cm³/mol. The van der Waals surface area contributed by atoms with Crippen LogP contribution in [-0.2, 0) is 4.74 Å². The van der Waals surface area contributed by atoms with Crippen molar-refractivity contribution in [3.05, 3.63) is 35.6 Å². The number of rotatable bonds is 2. The number of nitrogens with one attached hydrogen (secondary N) is 1. The minimum Gasteiger partial charge on any atom is -0.453 e. The summed E-state index contributed by atoms with van der Waals surface area (Å²) in [5, 5.41) is 2.71. The van der Waals surface area contributed by atoms with Gasteiger partial charge in [0.15, 0.2) is 0 Å². The molecule has 0 unspecified atom stereocenters. The molecule has 4 heteroatoms. The Morgan fingerprint density at radius 2 is 2.13 bits per heavy atom. The van der Waals surface area contributed by atoms with E-state index in [-0.39, 0.29) is 11.9 Å². The number of hydrogen-bond acceptors (Lipinski definition) is 2. The summed E-state index contributed by atoms with van der Waals surface area (Å²) in [6.07, 6.45) is 0.477. The van der Waals surface area contributed by atoms with Crippen LogP contribution in [0.15, 0.2) is 24.3 Å². The summed E-state index contributed by atoms with van der Waals surface area (Å²) >= 11 is 0. The molecule has 2 atom stereocenters. The standard InChI is InChI=1S/C11H12FNO2/c1-15-11(14)13-10-6-9(10)7-2-4-8(12)5-3-7/h2-5,9-10H,6H2,1H3,(H,13,14)/t9-,10-/m1/s1. The minimum atomic E-state index is -0.412. The van der Waals surface area contributed by atoms with E-state index in [0.717, 1.165) is 12.0 Å². The molecule has 1 N–H and O–H groups in total. The van der Waals surface area contributed by atoms with Crippen molar-refractivity contribution >= 4 is 6.09 Å². The second kappa shape index (κ2) is 3.88. The van der Waals surface area contributed by atoms with Crippen LogP contribution in [0, 0.1) is 5.82 Å². The maximum absolute atomic E-state index is 12.6. The number of amides is 1. The van der Waals surface area contributed by atoms with Crippen molar-refractivity contribution in [1.29, 1.82) is 0 Å². The molecule has 0 spiro atoms. The quantitative estimate of drug-likeness (QED) is 0.809. The summed E-state index contributed by atoms with van der Waals surface area (Å²) in [5.74, 6) is 0.0570. The van der Waals surface area contributed by atoms with Crippen LogP contribution >= 0.6 is 0 Å². The molecule has 1 aromatic rings. The van der Waals surface area contributed by atoms with Crippen molar-refractivity contribution in [2.24, 2.45) is 0 Å². The Morgan fingerprint density at radius 3 is 2.73 bits per heavy atom. The van der Waals surface area contributed by atoms with Crippen LogP contribution in [-0.4, -0.2) is 19.2 Å². The van der Waals surface area contributed by atoms with Gasteiger partial charge in [-0.3, -0.25) is 0 Å². The molecule has 0 radical (unpaired) electrons. The normalized spacial score (nSPS) is 23.3. The maximum Gasteiger partial charge on any atom is 0.407 e. The smallest absolute Gasteiger partial charge is 0.407 e. The number of alkyl carbamates (subject to hydrolysis) is 1. The molecule has 0 aromatic heterocycles. The van der Waals surface area contributed by atoms with Gasteiger partial charge in [0, 0.05) is 12.0 Å². The van der Waals surface area contributed by atoms with Gasteiger partial charge in [-0.05, 0) is 24.1 Å². The summed E-state index contributed by atoms with van der Waals surface area (Å²) in [6, 6.07) is 6.49. The first kappa shape index (κ1) is 9.96. The number of carbonyl (C=O) groups excluding carboxylic acids is 1. The van der Waals surface area contributed by atoms with Crippen molar-refractivity contribution in [3.8, 4) is 0 Å². The molecule has 1 aliphatic rings.